The van der Waals surface area contributed by atoms with Gasteiger partial charge >= 0.3 is 0 Å². The van der Waals surface area contributed by atoms with Gasteiger partial charge in [-0.3, -0.25) is 0 Å². The molecule has 0 spiro atoms. The molecule has 1 heterocycles. The molecule has 0 radical (unpaired) electrons. The van der Waals surface area contributed by atoms with Crippen molar-refractivity contribution in [3.8, 4) is 11.4 Å². The number of benzene rings is 2. The molecule has 0 fully saturated rings. The van der Waals surface area contributed by atoms with Gasteiger partial charge in [0.15, 0.2) is 0 Å². The second kappa shape index (κ2) is 5.76. The van der Waals surface area contributed by atoms with Crippen LogP contribution >= 0.6 is 11.6 Å². The van der Waals surface area contributed by atoms with Crippen molar-refractivity contribution in [1.82, 2.24) is 9.55 Å². The molecule has 5 heteroatoms. The SMILES string of the molecule is Cn1c(-c2ccc(NCCO)cc2)nc2cccc(Cl)c21. The lowest BCUT2D eigenvalue weighted by Crippen LogP contribution is -2.05. The van der Waals surface area contributed by atoms with Gasteiger partial charge in [0.25, 0.3) is 0 Å². The predicted molar refractivity (Wildman–Crippen MR) is 86.7 cm³/mol. The Hall–Kier alpha value is -2.04. The Balaban J connectivity index is 2.00. The number of nitrogens with zero attached hydrogens (tertiary/aromatic N) is 2. The molecule has 2 N–H and O–H groups in total. The first-order chi connectivity index (χ1) is 10.2. The van der Waals surface area contributed by atoms with E-state index in [2.05, 4.69) is 10.3 Å². The Bertz CT molecular complexity index is 765. The van der Waals surface area contributed by atoms with E-state index >= 15 is 0 Å². The maximum atomic E-state index is 8.81. The number of aryl methyl sites for hydroxylation is 1. The molecule has 0 bridgehead atoms. The van der Waals surface area contributed by atoms with E-state index in [1.807, 2.05) is 54.1 Å². The summed E-state index contributed by atoms with van der Waals surface area (Å²) in [6.07, 6.45) is 0. The third-order valence-corrected chi connectivity index (χ3v) is 3.73. The Morgan fingerprint density at radius 2 is 1.95 bits per heavy atom. The molecule has 3 rings (SSSR count). The summed E-state index contributed by atoms with van der Waals surface area (Å²) >= 11 is 6.25. The van der Waals surface area contributed by atoms with Crippen LogP contribution in [0.3, 0.4) is 0 Å². The number of nitrogens with one attached hydrogen (secondary N) is 1. The first-order valence-corrected chi connectivity index (χ1v) is 7.14. The van der Waals surface area contributed by atoms with Crippen molar-refractivity contribution in [2.24, 2.45) is 7.05 Å². The maximum absolute atomic E-state index is 8.81. The number of rotatable bonds is 4. The molecule has 108 valence electrons. The van der Waals surface area contributed by atoms with Crippen LogP contribution in [0.25, 0.3) is 22.4 Å². The van der Waals surface area contributed by atoms with Gasteiger partial charge in [-0.05, 0) is 36.4 Å². The minimum absolute atomic E-state index is 0.116. The van der Waals surface area contributed by atoms with Crippen molar-refractivity contribution in [3.05, 3.63) is 47.5 Å². The third-order valence-electron chi connectivity index (χ3n) is 3.43. The normalized spacial score (nSPS) is 11.0. The summed E-state index contributed by atoms with van der Waals surface area (Å²) in [5, 5.41) is 12.6. The molecule has 0 unspecified atom stereocenters. The molecule has 1 aromatic heterocycles. The van der Waals surface area contributed by atoms with Crippen LogP contribution in [-0.2, 0) is 7.05 Å². The molecular formula is C16H16ClN3O. The van der Waals surface area contributed by atoms with Gasteiger partial charge in [-0.25, -0.2) is 4.98 Å². The van der Waals surface area contributed by atoms with Crippen LogP contribution in [0.2, 0.25) is 5.02 Å². The van der Waals surface area contributed by atoms with Gasteiger partial charge in [-0.1, -0.05) is 17.7 Å². The zero-order valence-corrected chi connectivity index (χ0v) is 12.4. The predicted octanol–water partition coefficient (Wildman–Crippen LogP) is 3.30. The molecular weight excluding hydrogens is 286 g/mol. The number of hydrogen-bond acceptors (Lipinski definition) is 3. The lowest BCUT2D eigenvalue weighted by Gasteiger charge is -2.06. The molecule has 0 atom stereocenters. The number of fused-ring (bicyclic) bond motifs is 1. The third kappa shape index (κ3) is 2.60. The van der Waals surface area contributed by atoms with Crippen molar-refractivity contribution in [2.45, 2.75) is 0 Å². The average Bonchev–Trinajstić information content (AvgIpc) is 2.84. The topological polar surface area (TPSA) is 50.1 Å². The summed E-state index contributed by atoms with van der Waals surface area (Å²) in [4.78, 5) is 4.65. The van der Waals surface area contributed by atoms with E-state index in [0.717, 1.165) is 28.1 Å². The van der Waals surface area contributed by atoms with Crippen molar-refractivity contribution >= 4 is 28.3 Å². The van der Waals surface area contributed by atoms with Crippen LogP contribution in [-0.4, -0.2) is 27.8 Å². The molecule has 0 saturated heterocycles. The number of imidazole rings is 1. The summed E-state index contributed by atoms with van der Waals surface area (Å²) in [6.45, 7) is 0.659. The molecule has 4 nitrogen and oxygen atoms in total. The lowest BCUT2D eigenvalue weighted by molar-refractivity contribution is 0.311. The number of anilines is 1. The fourth-order valence-corrected chi connectivity index (χ4v) is 2.71. The highest BCUT2D eigenvalue weighted by Gasteiger charge is 2.11. The molecule has 3 aromatic rings. The molecule has 0 saturated carbocycles. The highest BCUT2D eigenvalue weighted by Crippen LogP contribution is 2.28. The van der Waals surface area contributed by atoms with Gasteiger partial charge in [0.1, 0.15) is 5.82 Å². The van der Waals surface area contributed by atoms with Gasteiger partial charge in [-0.15, -0.1) is 0 Å². The van der Waals surface area contributed by atoms with Crippen LogP contribution in [0.1, 0.15) is 0 Å². The van der Waals surface area contributed by atoms with Crippen LogP contribution in [0.5, 0.6) is 0 Å². The van der Waals surface area contributed by atoms with Crippen molar-refractivity contribution < 1.29 is 5.11 Å². The van der Waals surface area contributed by atoms with Crippen molar-refractivity contribution in [3.63, 3.8) is 0 Å². The Kier molecular flexibility index (Phi) is 3.82. The van der Waals surface area contributed by atoms with E-state index < -0.39 is 0 Å². The minimum Gasteiger partial charge on any atom is -0.395 e. The smallest absolute Gasteiger partial charge is 0.140 e. The lowest BCUT2D eigenvalue weighted by atomic mass is 10.2. The van der Waals surface area contributed by atoms with Gasteiger partial charge in [0.05, 0.1) is 22.7 Å². The largest absolute Gasteiger partial charge is 0.395 e. The van der Waals surface area contributed by atoms with Crippen molar-refractivity contribution in [1.29, 1.82) is 0 Å². The second-order valence-corrected chi connectivity index (χ2v) is 5.24. The highest BCUT2D eigenvalue weighted by atomic mass is 35.5. The van der Waals surface area contributed by atoms with Gasteiger partial charge in [-0.2, -0.15) is 0 Å². The second-order valence-electron chi connectivity index (χ2n) is 4.83. The summed E-state index contributed by atoms with van der Waals surface area (Å²) < 4.78 is 2.01. The number of para-hydroxylation sites is 1. The molecule has 21 heavy (non-hydrogen) atoms. The summed E-state index contributed by atoms with van der Waals surface area (Å²) in [6, 6.07) is 13.7. The summed E-state index contributed by atoms with van der Waals surface area (Å²) in [7, 11) is 1.97. The van der Waals surface area contributed by atoms with Crippen molar-refractivity contribution in [2.75, 3.05) is 18.5 Å². The Labute approximate surface area is 128 Å². The fraction of sp³-hybridized carbons (Fsp3) is 0.188. The Morgan fingerprint density at radius 1 is 1.19 bits per heavy atom. The van der Waals surface area contributed by atoms with E-state index in [1.165, 1.54) is 0 Å². The number of halogens is 1. The Morgan fingerprint density at radius 3 is 2.62 bits per heavy atom. The van der Waals surface area contributed by atoms with Gasteiger partial charge in [0.2, 0.25) is 0 Å². The van der Waals surface area contributed by atoms with Crippen LogP contribution in [0, 0.1) is 0 Å². The molecule has 0 amide bonds. The van der Waals surface area contributed by atoms with Gasteiger partial charge in [0, 0.05) is 24.8 Å². The number of aliphatic hydroxyl groups excluding tert-OH is 1. The molecule has 0 aliphatic rings. The van der Waals surface area contributed by atoms with E-state index in [-0.39, 0.29) is 6.61 Å². The zero-order valence-electron chi connectivity index (χ0n) is 11.7. The highest BCUT2D eigenvalue weighted by molar-refractivity contribution is 6.35. The first kappa shape index (κ1) is 13.9. The summed E-state index contributed by atoms with van der Waals surface area (Å²) in [5.41, 5.74) is 3.84. The van der Waals surface area contributed by atoms with Crippen LogP contribution in [0.4, 0.5) is 5.69 Å². The van der Waals surface area contributed by atoms with E-state index in [9.17, 15) is 0 Å². The average molecular weight is 302 g/mol. The maximum Gasteiger partial charge on any atom is 0.140 e. The number of aliphatic hydroxyl groups is 1. The zero-order chi connectivity index (χ0) is 14.8. The summed E-state index contributed by atoms with van der Waals surface area (Å²) in [5.74, 6) is 0.881. The first-order valence-electron chi connectivity index (χ1n) is 6.77. The fourth-order valence-electron chi connectivity index (χ4n) is 2.42. The molecule has 2 aromatic carbocycles. The number of hydrogen-bond donors (Lipinski definition) is 2. The van der Waals surface area contributed by atoms with Crippen LogP contribution < -0.4 is 5.32 Å². The standard InChI is InChI=1S/C16H16ClN3O/c1-20-15-13(17)3-2-4-14(15)19-16(20)11-5-7-12(8-6-11)18-9-10-21/h2-8,18,21H,9-10H2,1H3. The van der Waals surface area contributed by atoms with E-state index in [0.29, 0.717) is 11.6 Å². The minimum atomic E-state index is 0.116. The quantitative estimate of drug-likeness (QED) is 0.777. The number of aromatic nitrogens is 2. The van der Waals surface area contributed by atoms with Gasteiger partial charge < -0.3 is 15.0 Å². The van der Waals surface area contributed by atoms with Crippen LogP contribution in [0.15, 0.2) is 42.5 Å². The van der Waals surface area contributed by atoms with E-state index in [1.54, 1.807) is 0 Å². The molecule has 0 aliphatic heterocycles. The van der Waals surface area contributed by atoms with E-state index in [4.69, 9.17) is 16.7 Å². The monoisotopic (exact) mass is 301 g/mol. The molecule has 0 aliphatic carbocycles.